The lowest BCUT2D eigenvalue weighted by Crippen LogP contribution is -2.40. The molecule has 4 heteroatoms. The Kier molecular flexibility index (Phi) is 4.37. The van der Waals surface area contributed by atoms with E-state index in [1.165, 1.54) is 33.4 Å². The van der Waals surface area contributed by atoms with Gasteiger partial charge in [0.15, 0.2) is 0 Å². The lowest BCUT2D eigenvalue weighted by molar-refractivity contribution is 0.0709. The molecule has 3 aliphatic rings. The van der Waals surface area contributed by atoms with E-state index in [4.69, 9.17) is 0 Å². The summed E-state index contributed by atoms with van der Waals surface area (Å²) in [5.41, 5.74) is 8.24. The van der Waals surface area contributed by atoms with E-state index in [1.807, 2.05) is 17.2 Å². The summed E-state index contributed by atoms with van der Waals surface area (Å²) in [6.45, 7) is 1.64. The molecule has 31 heavy (non-hydrogen) atoms. The van der Waals surface area contributed by atoms with Crippen LogP contribution < -0.4 is 0 Å². The minimum absolute atomic E-state index is 0.160. The number of carbonyl (C=O) groups is 1. The van der Waals surface area contributed by atoms with Gasteiger partial charge in [-0.15, -0.1) is 0 Å². The maximum Gasteiger partial charge on any atom is 0.253 e. The van der Waals surface area contributed by atoms with Gasteiger partial charge in [-0.1, -0.05) is 36.4 Å². The summed E-state index contributed by atoms with van der Waals surface area (Å²) in [6.07, 6.45) is 12.3. The van der Waals surface area contributed by atoms with Crippen molar-refractivity contribution in [1.82, 2.24) is 9.88 Å². The van der Waals surface area contributed by atoms with Gasteiger partial charge in [0, 0.05) is 65.6 Å². The minimum atomic E-state index is 0.160. The average Bonchev–Trinajstić information content (AvgIpc) is 3.57. The molecule has 1 amide bonds. The molecular weight excluding hydrogens is 382 g/mol. The van der Waals surface area contributed by atoms with E-state index in [1.54, 1.807) is 0 Å². The highest BCUT2D eigenvalue weighted by Crippen LogP contribution is 2.37. The number of hydrogen-bond acceptors (Lipinski definition) is 2. The number of fused-ring (bicyclic) bond motifs is 2. The Morgan fingerprint density at radius 2 is 1.90 bits per heavy atom. The largest absolute Gasteiger partial charge is 0.361 e. The summed E-state index contributed by atoms with van der Waals surface area (Å²) in [6, 6.07) is 14.6. The Balaban J connectivity index is 1.20. The number of allylic oxidation sites excluding steroid dienone is 2. The first-order chi connectivity index (χ1) is 15.3. The van der Waals surface area contributed by atoms with Crippen molar-refractivity contribution >= 4 is 28.1 Å². The zero-order valence-corrected chi connectivity index (χ0v) is 17.5. The SMILES string of the molecule is O=C(c1ccc2c(c1)CC=C2c1c[nH]c2ccccc12)N1CCC(C2=NC=CC2)CC1. The highest BCUT2D eigenvalue weighted by molar-refractivity contribution is 6.00. The Bertz CT molecular complexity index is 1270. The maximum absolute atomic E-state index is 13.2. The molecule has 0 bridgehead atoms. The van der Waals surface area contributed by atoms with Gasteiger partial charge in [-0.25, -0.2) is 0 Å². The molecule has 0 atom stereocenters. The number of carbonyl (C=O) groups excluding carboxylic acids is 1. The molecule has 1 N–H and O–H groups in total. The van der Waals surface area contributed by atoms with E-state index in [-0.39, 0.29) is 5.91 Å². The van der Waals surface area contributed by atoms with Crippen molar-refractivity contribution in [3.05, 3.63) is 89.3 Å². The number of amides is 1. The fourth-order valence-electron chi connectivity index (χ4n) is 5.27. The van der Waals surface area contributed by atoms with Crippen LogP contribution in [0.15, 0.2) is 72.0 Å². The number of hydrogen-bond donors (Lipinski definition) is 1. The molecule has 2 aromatic carbocycles. The predicted octanol–water partition coefficient (Wildman–Crippen LogP) is 5.37. The first kappa shape index (κ1) is 18.4. The van der Waals surface area contributed by atoms with E-state index >= 15 is 0 Å². The molecule has 4 nitrogen and oxygen atoms in total. The van der Waals surface area contributed by atoms with Crippen LogP contribution in [0.25, 0.3) is 16.5 Å². The van der Waals surface area contributed by atoms with Crippen molar-refractivity contribution in [1.29, 1.82) is 0 Å². The molecule has 154 valence electrons. The second kappa shape index (κ2) is 7.38. The first-order valence-electron chi connectivity index (χ1n) is 11.2. The fourth-order valence-corrected chi connectivity index (χ4v) is 5.27. The van der Waals surface area contributed by atoms with E-state index < -0.39 is 0 Å². The number of rotatable bonds is 3. The van der Waals surface area contributed by atoms with E-state index in [0.717, 1.165) is 49.9 Å². The molecule has 3 heterocycles. The van der Waals surface area contributed by atoms with Crippen LogP contribution in [-0.2, 0) is 6.42 Å². The third kappa shape index (κ3) is 3.14. The minimum Gasteiger partial charge on any atom is -0.361 e. The molecule has 0 spiro atoms. The van der Waals surface area contributed by atoms with Gasteiger partial charge >= 0.3 is 0 Å². The number of H-pyrrole nitrogens is 1. The Morgan fingerprint density at radius 1 is 1.03 bits per heavy atom. The quantitative estimate of drug-likeness (QED) is 0.624. The van der Waals surface area contributed by atoms with Crippen LogP contribution in [0.1, 0.15) is 46.3 Å². The summed E-state index contributed by atoms with van der Waals surface area (Å²) < 4.78 is 0. The van der Waals surface area contributed by atoms with Gasteiger partial charge in [0.05, 0.1) is 0 Å². The average molecular weight is 408 g/mol. The number of aromatic amines is 1. The van der Waals surface area contributed by atoms with E-state index in [0.29, 0.717) is 5.92 Å². The number of nitrogens with zero attached hydrogens (tertiary/aromatic N) is 2. The summed E-state index contributed by atoms with van der Waals surface area (Å²) in [7, 11) is 0. The van der Waals surface area contributed by atoms with Crippen molar-refractivity contribution < 1.29 is 4.79 Å². The molecule has 1 aromatic heterocycles. The van der Waals surface area contributed by atoms with Gasteiger partial charge in [0.2, 0.25) is 0 Å². The summed E-state index contributed by atoms with van der Waals surface area (Å²) in [4.78, 5) is 23.1. The van der Waals surface area contributed by atoms with Gasteiger partial charge in [-0.2, -0.15) is 0 Å². The van der Waals surface area contributed by atoms with Crippen LogP contribution in [-0.4, -0.2) is 34.6 Å². The number of aliphatic imine (C=N–C) groups is 1. The van der Waals surface area contributed by atoms with Gasteiger partial charge in [0.25, 0.3) is 5.91 Å². The number of benzene rings is 2. The standard InChI is InChI=1S/C27H25N3O/c31-27(30-14-11-18(12-15-30)25-6-3-13-28-25)20-8-9-21-19(16-20)7-10-22(21)24-17-29-26-5-2-1-4-23(24)26/h1-5,8-10,13,16-18,29H,6-7,11-12,14-15H2. The van der Waals surface area contributed by atoms with E-state index in [9.17, 15) is 4.79 Å². The van der Waals surface area contributed by atoms with Crippen molar-refractivity contribution in [2.45, 2.75) is 25.7 Å². The van der Waals surface area contributed by atoms with Crippen LogP contribution in [0, 0.1) is 5.92 Å². The molecule has 6 rings (SSSR count). The van der Waals surface area contributed by atoms with Crippen LogP contribution in [0.2, 0.25) is 0 Å². The highest BCUT2D eigenvalue weighted by atomic mass is 16.2. The third-order valence-corrected chi connectivity index (χ3v) is 6.97. The van der Waals surface area contributed by atoms with Crippen molar-refractivity contribution in [3.8, 4) is 0 Å². The lowest BCUT2D eigenvalue weighted by atomic mass is 9.90. The molecule has 1 fully saturated rings. The second-order valence-electron chi connectivity index (χ2n) is 8.72. The van der Waals surface area contributed by atoms with Crippen molar-refractivity contribution in [2.75, 3.05) is 13.1 Å². The molecular formula is C27H25N3O. The van der Waals surface area contributed by atoms with Gasteiger partial charge in [-0.3, -0.25) is 9.79 Å². The zero-order chi connectivity index (χ0) is 20.8. The van der Waals surface area contributed by atoms with Gasteiger partial charge < -0.3 is 9.88 Å². The van der Waals surface area contributed by atoms with Crippen molar-refractivity contribution in [3.63, 3.8) is 0 Å². The monoisotopic (exact) mass is 407 g/mol. The van der Waals surface area contributed by atoms with Crippen LogP contribution in [0.3, 0.4) is 0 Å². The van der Waals surface area contributed by atoms with Crippen LogP contribution in [0.5, 0.6) is 0 Å². The number of para-hydroxylation sites is 1. The predicted molar refractivity (Wildman–Crippen MR) is 125 cm³/mol. The number of piperidine rings is 1. The normalized spacial score (nSPS) is 18.4. The third-order valence-electron chi connectivity index (χ3n) is 6.97. The molecule has 0 radical (unpaired) electrons. The molecule has 0 unspecified atom stereocenters. The maximum atomic E-state index is 13.2. The second-order valence-corrected chi connectivity index (χ2v) is 8.72. The molecule has 1 saturated heterocycles. The van der Waals surface area contributed by atoms with E-state index in [2.05, 4.69) is 64.7 Å². The molecule has 3 aromatic rings. The summed E-state index contributed by atoms with van der Waals surface area (Å²) >= 11 is 0. The first-order valence-corrected chi connectivity index (χ1v) is 11.2. The van der Waals surface area contributed by atoms with Crippen LogP contribution in [0.4, 0.5) is 0 Å². The Morgan fingerprint density at radius 3 is 2.74 bits per heavy atom. The van der Waals surface area contributed by atoms with Crippen LogP contribution >= 0.6 is 0 Å². The Hall–Kier alpha value is -3.40. The molecule has 1 aliphatic carbocycles. The molecule has 2 aliphatic heterocycles. The topological polar surface area (TPSA) is 48.5 Å². The van der Waals surface area contributed by atoms with Gasteiger partial charge in [0.1, 0.15) is 0 Å². The smallest absolute Gasteiger partial charge is 0.253 e. The van der Waals surface area contributed by atoms with Crippen molar-refractivity contribution in [2.24, 2.45) is 10.9 Å². The number of nitrogens with one attached hydrogen (secondary N) is 1. The lowest BCUT2D eigenvalue weighted by Gasteiger charge is -2.32. The number of likely N-dealkylation sites (tertiary alicyclic amines) is 1. The van der Waals surface area contributed by atoms with Gasteiger partial charge in [-0.05, 0) is 54.2 Å². The zero-order valence-electron chi connectivity index (χ0n) is 17.5. The Labute approximate surface area is 182 Å². The number of aromatic nitrogens is 1. The highest BCUT2D eigenvalue weighted by Gasteiger charge is 2.27. The molecule has 0 saturated carbocycles. The fraction of sp³-hybridized carbons (Fsp3) is 0.259. The summed E-state index contributed by atoms with van der Waals surface area (Å²) in [5.74, 6) is 0.690. The summed E-state index contributed by atoms with van der Waals surface area (Å²) in [5, 5.41) is 1.24.